The lowest BCUT2D eigenvalue weighted by Crippen LogP contribution is -2.52. The molecule has 1 rings (SSSR count). The first-order valence-corrected chi connectivity index (χ1v) is 4.42. The van der Waals surface area contributed by atoms with Gasteiger partial charge in [-0.15, -0.1) is 0 Å². The summed E-state index contributed by atoms with van der Waals surface area (Å²) in [5.74, 6) is 0.554. The number of rotatable bonds is 0. The Hall–Kier alpha value is -1.26. The van der Waals surface area contributed by atoms with E-state index < -0.39 is 0 Å². The number of carbonyl (C=O) groups excluding carboxylic acids is 1. The van der Waals surface area contributed by atoms with E-state index >= 15 is 0 Å². The fourth-order valence-corrected chi connectivity index (χ4v) is 1.40. The molecule has 0 radical (unpaired) electrons. The van der Waals surface area contributed by atoms with E-state index in [9.17, 15) is 4.79 Å². The largest absolute Gasteiger partial charge is 0.359 e. The van der Waals surface area contributed by atoms with Gasteiger partial charge in [0.1, 0.15) is 0 Å². The Morgan fingerprint density at radius 1 is 1.23 bits per heavy atom. The van der Waals surface area contributed by atoms with Gasteiger partial charge >= 0.3 is 0 Å². The van der Waals surface area contributed by atoms with Crippen molar-refractivity contribution in [3.05, 3.63) is 0 Å². The van der Waals surface area contributed by atoms with Crippen LogP contribution in [0.2, 0.25) is 0 Å². The first-order chi connectivity index (χ1) is 6.15. The molecular weight excluding hydrogens is 168 g/mol. The number of hydrogen-bond acceptors (Lipinski definition) is 2. The molecule has 2 N–H and O–H groups in total. The van der Waals surface area contributed by atoms with Gasteiger partial charge in [0.2, 0.25) is 5.91 Å². The van der Waals surface area contributed by atoms with Gasteiger partial charge in [0.15, 0.2) is 5.96 Å². The highest BCUT2D eigenvalue weighted by atomic mass is 16.2. The first-order valence-electron chi connectivity index (χ1n) is 4.42. The number of piperazine rings is 1. The topological polar surface area (TPSA) is 59.4 Å². The van der Waals surface area contributed by atoms with Gasteiger partial charge in [-0.3, -0.25) is 10.2 Å². The molecule has 1 amide bonds. The van der Waals surface area contributed by atoms with Crippen LogP contribution < -0.4 is 5.32 Å². The quantitative estimate of drug-likeness (QED) is 0.387. The molecule has 5 nitrogen and oxygen atoms in total. The molecule has 0 aromatic carbocycles. The smallest absolute Gasteiger partial charge is 0.219 e. The second-order valence-electron chi connectivity index (χ2n) is 3.09. The Labute approximate surface area is 78.2 Å². The molecule has 0 atom stereocenters. The molecule has 0 spiro atoms. The van der Waals surface area contributed by atoms with Crippen LogP contribution in [-0.2, 0) is 4.79 Å². The molecule has 5 heteroatoms. The third-order valence-electron chi connectivity index (χ3n) is 2.28. The minimum atomic E-state index is 0.121. The number of carbonyl (C=O) groups is 1. The molecule has 1 fully saturated rings. The van der Waals surface area contributed by atoms with E-state index in [0.717, 1.165) is 26.2 Å². The van der Waals surface area contributed by atoms with E-state index in [-0.39, 0.29) is 5.91 Å². The third-order valence-corrected chi connectivity index (χ3v) is 2.28. The Morgan fingerprint density at radius 2 is 1.69 bits per heavy atom. The van der Waals surface area contributed by atoms with Gasteiger partial charge in [-0.25, -0.2) is 0 Å². The summed E-state index contributed by atoms with van der Waals surface area (Å²) in [4.78, 5) is 14.7. The molecule has 0 bridgehead atoms. The Kier molecular flexibility index (Phi) is 3.11. The monoisotopic (exact) mass is 184 g/mol. The Balaban J connectivity index is 2.39. The minimum absolute atomic E-state index is 0.121. The summed E-state index contributed by atoms with van der Waals surface area (Å²) in [5.41, 5.74) is 0. The summed E-state index contributed by atoms with van der Waals surface area (Å²) in [6.45, 7) is 4.52. The average molecular weight is 184 g/mol. The number of nitrogens with zero attached hydrogens (tertiary/aromatic N) is 2. The standard InChI is InChI=1S/C8H16N4O/c1-7(13)11-3-5-12(6-4-11)8(9)10-2/h3-6H2,1-2H3,(H2,9,10). The van der Waals surface area contributed by atoms with Crippen LogP contribution in [0.1, 0.15) is 6.92 Å². The summed E-state index contributed by atoms with van der Waals surface area (Å²) in [6, 6.07) is 0. The lowest BCUT2D eigenvalue weighted by molar-refractivity contribution is -0.130. The van der Waals surface area contributed by atoms with Crippen molar-refractivity contribution in [1.29, 1.82) is 5.41 Å². The Bertz CT molecular complexity index is 208. The van der Waals surface area contributed by atoms with E-state index in [1.54, 1.807) is 18.9 Å². The van der Waals surface area contributed by atoms with Crippen molar-refractivity contribution in [3.63, 3.8) is 0 Å². The van der Waals surface area contributed by atoms with Crippen molar-refractivity contribution in [2.45, 2.75) is 6.92 Å². The number of guanidine groups is 1. The van der Waals surface area contributed by atoms with Crippen LogP contribution in [-0.4, -0.2) is 54.9 Å². The predicted molar refractivity (Wildman–Crippen MR) is 50.6 cm³/mol. The maximum Gasteiger partial charge on any atom is 0.219 e. The molecule has 74 valence electrons. The summed E-state index contributed by atoms with van der Waals surface area (Å²) >= 11 is 0. The normalized spacial score (nSPS) is 17.1. The van der Waals surface area contributed by atoms with Gasteiger partial charge in [0.05, 0.1) is 0 Å². The van der Waals surface area contributed by atoms with Crippen LogP contribution in [0.25, 0.3) is 0 Å². The van der Waals surface area contributed by atoms with E-state index in [2.05, 4.69) is 5.32 Å². The zero-order valence-electron chi connectivity index (χ0n) is 8.13. The molecule has 1 heterocycles. The first kappa shape index (κ1) is 9.83. The third kappa shape index (κ3) is 2.34. The van der Waals surface area contributed by atoms with Crippen molar-refractivity contribution in [2.75, 3.05) is 33.2 Å². The van der Waals surface area contributed by atoms with Gasteiger partial charge in [-0.1, -0.05) is 0 Å². The van der Waals surface area contributed by atoms with E-state index in [1.165, 1.54) is 0 Å². The van der Waals surface area contributed by atoms with Crippen LogP contribution in [0.3, 0.4) is 0 Å². The zero-order valence-corrected chi connectivity index (χ0v) is 8.13. The van der Waals surface area contributed by atoms with Crippen LogP contribution in [0.4, 0.5) is 0 Å². The van der Waals surface area contributed by atoms with Crippen LogP contribution in [0.15, 0.2) is 0 Å². The molecule has 0 aromatic heterocycles. The van der Waals surface area contributed by atoms with Crippen LogP contribution in [0, 0.1) is 5.41 Å². The highest BCUT2D eigenvalue weighted by Gasteiger charge is 2.19. The van der Waals surface area contributed by atoms with Gasteiger partial charge < -0.3 is 15.1 Å². The number of hydrogen-bond donors (Lipinski definition) is 2. The van der Waals surface area contributed by atoms with E-state index in [0.29, 0.717) is 5.96 Å². The molecule has 1 aliphatic heterocycles. The lowest BCUT2D eigenvalue weighted by atomic mass is 10.3. The van der Waals surface area contributed by atoms with Gasteiger partial charge in [0, 0.05) is 40.2 Å². The zero-order chi connectivity index (χ0) is 9.84. The average Bonchev–Trinajstić information content (AvgIpc) is 2.17. The molecule has 0 aromatic rings. The molecule has 13 heavy (non-hydrogen) atoms. The summed E-state index contributed by atoms with van der Waals surface area (Å²) < 4.78 is 0. The predicted octanol–water partition coefficient (Wildman–Crippen LogP) is -0.695. The van der Waals surface area contributed by atoms with Crippen molar-refractivity contribution >= 4 is 11.9 Å². The van der Waals surface area contributed by atoms with Crippen molar-refractivity contribution in [2.24, 2.45) is 0 Å². The molecular formula is C8H16N4O. The highest BCUT2D eigenvalue weighted by molar-refractivity contribution is 5.77. The number of amides is 1. The Morgan fingerprint density at radius 3 is 2.08 bits per heavy atom. The highest BCUT2D eigenvalue weighted by Crippen LogP contribution is 2.00. The SMILES string of the molecule is CNC(=N)N1CCN(C(C)=O)CC1. The molecule has 0 saturated carbocycles. The van der Waals surface area contributed by atoms with Crippen molar-refractivity contribution in [3.8, 4) is 0 Å². The van der Waals surface area contributed by atoms with Gasteiger partial charge in [-0.2, -0.15) is 0 Å². The molecule has 0 aliphatic carbocycles. The number of nitrogens with one attached hydrogen (secondary N) is 2. The van der Waals surface area contributed by atoms with E-state index in [1.807, 2.05) is 4.90 Å². The summed E-state index contributed by atoms with van der Waals surface area (Å²) in [7, 11) is 1.74. The van der Waals surface area contributed by atoms with Gasteiger partial charge in [-0.05, 0) is 0 Å². The summed E-state index contributed by atoms with van der Waals surface area (Å²) in [5, 5.41) is 10.3. The summed E-state index contributed by atoms with van der Waals surface area (Å²) in [6.07, 6.45) is 0. The van der Waals surface area contributed by atoms with Crippen molar-refractivity contribution in [1.82, 2.24) is 15.1 Å². The lowest BCUT2D eigenvalue weighted by Gasteiger charge is -2.35. The molecule has 1 aliphatic rings. The maximum atomic E-state index is 11.0. The molecule has 1 saturated heterocycles. The van der Waals surface area contributed by atoms with Gasteiger partial charge in [0.25, 0.3) is 0 Å². The van der Waals surface area contributed by atoms with Crippen molar-refractivity contribution < 1.29 is 4.79 Å². The van der Waals surface area contributed by atoms with Crippen LogP contribution in [0.5, 0.6) is 0 Å². The van der Waals surface area contributed by atoms with Crippen LogP contribution >= 0.6 is 0 Å². The molecule has 0 unspecified atom stereocenters. The maximum absolute atomic E-state index is 11.0. The second kappa shape index (κ2) is 4.11. The minimum Gasteiger partial charge on any atom is -0.359 e. The fourth-order valence-electron chi connectivity index (χ4n) is 1.40. The fraction of sp³-hybridized carbons (Fsp3) is 0.750. The van der Waals surface area contributed by atoms with E-state index in [4.69, 9.17) is 5.41 Å². The second-order valence-corrected chi connectivity index (χ2v) is 3.09.